The van der Waals surface area contributed by atoms with Gasteiger partial charge in [-0.15, -0.1) is 11.3 Å². The molecule has 0 amide bonds. The Morgan fingerprint density at radius 1 is 0.952 bits per heavy atom. The van der Waals surface area contributed by atoms with Gasteiger partial charge in [-0.3, -0.25) is 4.98 Å². The Morgan fingerprint density at radius 3 is 2.62 bits per heavy atom. The van der Waals surface area contributed by atoms with Crippen LogP contribution < -0.4 is 0 Å². The highest BCUT2D eigenvalue weighted by Crippen LogP contribution is 2.40. The molecule has 2 nitrogen and oxygen atoms in total. The van der Waals surface area contributed by atoms with Gasteiger partial charge < -0.3 is 0 Å². The Hall–Kier alpha value is -2.70. The molecule has 0 saturated carbocycles. The lowest BCUT2D eigenvalue weighted by atomic mass is 10.0. The monoisotopic (exact) mass is 286 g/mol. The summed E-state index contributed by atoms with van der Waals surface area (Å²) in [6, 6.07) is 20.3. The van der Waals surface area contributed by atoms with Crippen molar-refractivity contribution in [2.75, 3.05) is 0 Å². The summed E-state index contributed by atoms with van der Waals surface area (Å²) in [5.41, 5.74) is 2.76. The van der Waals surface area contributed by atoms with E-state index in [0.717, 1.165) is 32.3 Å². The Labute approximate surface area is 125 Å². The number of nitrogens with zero attached hydrogens (tertiary/aromatic N) is 2. The van der Waals surface area contributed by atoms with E-state index in [1.807, 2.05) is 42.5 Å². The third kappa shape index (κ3) is 1.81. The summed E-state index contributed by atoms with van der Waals surface area (Å²) in [5.74, 6) is 0. The number of rotatable bonds is 1. The summed E-state index contributed by atoms with van der Waals surface area (Å²) in [7, 11) is 0. The number of hydrogen-bond acceptors (Lipinski definition) is 3. The molecule has 0 aliphatic rings. The van der Waals surface area contributed by atoms with Gasteiger partial charge in [-0.2, -0.15) is 5.26 Å². The molecular weight excluding hydrogens is 276 g/mol. The van der Waals surface area contributed by atoms with Crippen LogP contribution in [0.25, 0.3) is 31.4 Å². The van der Waals surface area contributed by atoms with Crippen LogP contribution in [0, 0.1) is 11.3 Å². The van der Waals surface area contributed by atoms with Crippen molar-refractivity contribution in [1.82, 2.24) is 4.98 Å². The van der Waals surface area contributed by atoms with Crippen molar-refractivity contribution < 1.29 is 0 Å². The number of aromatic nitrogens is 1. The highest BCUT2D eigenvalue weighted by molar-refractivity contribution is 7.26. The second-order valence-corrected chi connectivity index (χ2v) is 5.84. The molecule has 0 aliphatic heterocycles. The van der Waals surface area contributed by atoms with Crippen molar-refractivity contribution in [1.29, 1.82) is 5.26 Å². The summed E-state index contributed by atoms with van der Waals surface area (Å²) in [6.07, 6.45) is 1.80. The van der Waals surface area contributed by atoms with E-state index < -0.39 is 0 Å². The van der Waals surface area contributed by atoms with Crippen LogP contribution >= 0.6 is 11.3 Å². The van der Waals surface area contributed by atoms with E-state index in [4.69, 9.17) is 0 Å². The highest BCUT2D eigenvalue weighted by Gasteiger charge is 2.14. The van der Waals surface area contributed by atoms with Crippen molar-refractivity contribution in [2.45, 2.75) is 0 Å². The van der Waals surface area contributed by atoms with Crippen LogP contribution in [-0.4, -0.2) is 4.98 Å². The Morgan fingerprint density at radius 2 is 1.81 bits per heavy atom. The number of benzene rings is 2. The Bertz CT molecular complexity index is 994. The predicted molar refractivity (Wildman–Crippen MR) is 87.3 cm³/mol. The second-order valence-electron chi connectivity index (χ2n) is 4.79. The van der Waals surface area contributed by atoms with Crippen LogP contribution in [0.4, 0.5) is 0 Å². The molecule has 21 heavy (non-hydrogen) atoms. The third-order valence-corrected chi connectivity index (χ3v) is 4.79. The van der Waals surface area contributed by atoms with Crippen molar-refractivity contribution >= 4 is 31.5 Å². The van der Waals surface area contributed by atoms with Gasteiger partial charge in [0.2, 0.25) is 0 Å². The largest absolute Gasteiger partial charge is 0.256 e. The SMILES string of the molecule is N#Cc1ccc(-c2ccccn2)c2sc3ccccc3c12. The summed E-state index contributed by atoms with van der Waals surface area (Å²) < 4.78 is 2.33. The van der Waals surface area contributed by atoms with Gasteiger partial charge in [0.1, 0.15) is 0 Å². The Balaban J connectivity index is 2.18. The molecular formula is C18H10N2S. The van der Waals surface area contributed by atoms with E-state index in [-0.39, 0.29) is 0 Å². The minimum Gasteiger partial charge on any atom is -0.256 e. The molecule has 2 aromatic heterocycles. The fourth-order valence-corrected chi connectivity index (χ4v) is 3.90. The van der Waals surface area contributed by atoms with Gasteiger partial charge in [-0.1, -0.05) is 30.3 Å². The lowest BCUT2D eigenvalue weighted by molar-refractivity contribution is 1.33. The summed E-state index contributed by atoms with van der Waals surface area (Å²) in [4.78, 5) is 4.45. The fourth-order valence-electron chi connectivity index (χ4n) is 2.65. The molecule has 2 heterocycles. The molecule has 4 rings (SSSR count). The van der Waals surface area contributed by atoms with E-state index in [0.29, 0.717) is 0 Å². The first-order valence-electron chi connectivity index (χ1n) is 6.64. The zero-order chi connectivity index (χ0) is 14.2. The molecule has 0 atom stereocenters. The van der Waals surface area contributed by atoms with Gasteiger partial charge in [0, 0.05) is 31.9 Å². The molecule has 2 aromatic carbocycles. The predicted octanol–water partition coefficient (Wildman–Crippen LogP) is 4.99. The van der Waals surface area contributed by atoms with E-state index in [1.165, 1.54) is 4.70 Å². The molecule has 0 spiro atoms. The molecule has 3 heteroatoms. The molecule has 0 fully saturated rings. The Kier molecular flexibility index (Phi) is 2.70. The maximum atomic E-state index is 9.41. The smallest absolute Gasteiger partial charge is 0.0998 e. The molecule has 0 saturated heterocycles. The maximum absolute atomic E-state index is 9.41. The van der Waals surface area contributed by atoms with Gasteiger partial charge in [-0.05, 0) is 24.3 Å². The van der Waals surface area contributed by atoms with Gasteiger partial charge in [0.25, 0.3) is 0 Å². The first-order valence-corrected chi connectivity index (χ1v) is 7.46. The van der Waals surface area contributed by atoms with Crippen molar-refractivity contribution in [2.24, 2.45) is 0 Å². The fraction of sp³-hybridized carbons (Fsp3) is 0. The van der Waals surface area contributed by atoms with Crippen LogP contribution in [0.1, 0.15) is 5.56 Å². The summed E-state index contributed by atoms with van der Waals surface area (Å²) >= 11 is 1.72. The van der Waals surface area contributed by atoms with Crippen molar-refractivity contribution in [3.8, 4) is 17.3 Å². The number of fused-ring (bicyclic) bond motifs is 3. The molecule has 0 radical (unpaired) electrons. The third-order valence-electron chi connectivity index (χ3n) is 3.59. The van der Waals surface area contributed by atoms with E-state index in [2.05, 4.69) is 23.2 Å². The van der Waals surface area contributed by atoms with E-state index in [1.54, 1.807) is 17.5 Å². The summed E-state index contributed by atoms with van der Waals surface area (Å²) in [6.45, 7) is 0. The number of nitriles is 1. The molecule has 4 aromatic rings. The van der Waals surface area contributed by atoms with Crippen LogP contribution in [-0.2, 0) is 0 Å². The van der Waals surface area contributed by atoms with Crippen molar-refractivity contribution in [3.63, 3.8) is 0 Å². The first-order chi connectivity index (χ1) is 10.4. The van der Waals surface area contributed by atoms with Gasteiger partial charge in [0.05, 0.1) is 17.3 Å². The van der Waals surface area contributed by atoms with E-state index in [9.17, 15) is 5.26 Å². The van der Waals surface area contributed by atoms with Crippen molar-refractivity contribution in [3.05, 3.63) is 66.4 Å². The quantitative estimate of drug-likeness (QED) is 0.494. The van der Waals surface area contributed by atoms with Gasteiger partial charge in [0.15, 0.2) is 0 Å². The lowest BCUT2D eigenvalue weighted by Gasteiger charge is -2.03. The van der Waals surface area contributed by atoms with Crippen LogP contribution in [0.5, 0.6) is 0 Å². The average molecular weight is 286 g/mol. The first kappa shape index (κ1) is 12.1. The topological polar surface area (TPSA) is 36.7 Å². The van der Waals surface area contributed by atoms with Crippen LogP contribution in [0.3, 0.4) is 0 Å². The van der Waals surface area contributed by atoms with Crippen LogP contribution in [0.15, 0.2) is 60.8 Å². The lowest BCUT2D eigenvalue weighted by Crippen LogP contribution is -1.84. The number of hydrogen-bond donors (Lipinski definition) is 0. The minimum absolute atomic E-state index is 0.724. The molecule has 0 aliphatic carbocycles. The zero-order valence-corrected chi connectivity index (χ0v) is 11.9. The normalized spacial score (nSPS) is 10.8. The summed E-state index contributed by atoms with van der Waals surface area (Å²) in [5, 5.41) is 11.6. The second kappa shape index (κ2) is 4.69. The standard InChI is InChI=1S/C18H10N2S/c19-11-12-8-9-13(15-6-3-4-10-20-15)18-17(12)14-5-1-2-7-16(14)21-18/h1-10H. The number of thiophene rings is 1. The van der Waals surface area contributed by atoms with Gasteiger partial charge >= 0.3 is 0 Å². The van der Waals surface area contributed by atoms with Crippen LogP contribution in [0.2, 0.25) is 0 Å². The maximum Gasteiger partial charge on any atom is 0.0998 e. The molecule has 98 valence electrons. The zero-order valence-electron chi connectivity index (χ0n) is 11.1. The van der Waals surface area contributed by atoms with Gasteiger partial charge in [-0.25, -0.2) is 0 Å². The molecule has 0 N–H and O–H groups in total. The molecule has 0 bridgehead atoms. The minimum atomic E-state index is 0.724. The number of pyridine rings is 1. The average Bonchev–Trinajstić information content (AvgIpc) is 2.94. The highest BCUT2D eigenvalue weighted by atomic mass is 32.1. The molecule has 0 unspecified atom stereocenters. The van der Waals surface area contributed by atoms with E-state index >= 15 is 0 Å².